The van der Waals surface area contributed by atoms with E-state index in [0.29, 0.717) is 37.0 Å². The Morgan fingerprint density at radius 1 is 1.35 bits per heavy atom. The average molecular weight is 316 g/mol. The molecule has 0 aliphatic carbocycles. The first-order valence-corrected chi connectivity index (χ1v) is 7.69. The summed E-state index contributed by atoms with van der Waals surface area (Å²) < 4.78 is 16.1. The second-order valence-corrected chi connectivity index (χ2v) is 5.53. The second-order valence-electron chi connectivity index (χ2n) is 5.53. The fourth-order valence-electron chi connectivity index (χ4n) is 2.70. The van der Waals surface area contributed by atoms with Gasteiger partial charge < -0.3 is 18.9 Å². The summed E-state index contributed by atoms with van der Waals surface area (Å²) >= 11 is 0. The van der Waals surface area contributed by atoms with Crippen molar-refractivity contribution in [1.29, 1.82) is 0 Å². The highest BCUT2D eigenvalue weighted by molar-refractivity contribution is 5.93. The first kappa shape index (κ1) is 15.6. The average Bonchev–Trinajstić information content (AvgIpc) is 2.97. The zero-order valence-electron chi connectivity index (χ0n) is 13.3. The SMILES string of the molecule is COc1ccccc1-c1cc(C(=O)N2CCOCCC2C)no1. The van der Waals surface area contributed by atoms with Crippen LogP contribution in [-0.4, -0.2) is 48.9 Å². The molecule has 2 aromatic rings. The first-order chi connectivity index (χ1) is 11.2. The molecule has 1 aliphatic heterocycles. The van der Waals surface area contributed by atoms with Crippen LogP contribution in [0.15, 0.2) is 34.9 Å². The third-order valence-electron chi connectivity index (χ3n) is 4.05. The number of benzene rings is 1. The van der Waals surface area contributed by atoms with Crippen molar-refractivity contribution in [3.05, 3.63) is 36.0 Å². The van der Waals surface area contributed by atoms with Gasteiger partial charge >= 0.3 is 0 Å². The number of hydrogen-bond donors (Lipinski definition) is 0. The van der Waals surface area contributed by atoms with E-state index >= 15 is 0 Å². The zero-order chi connectivity index (χ0) is 16.2. The molecule has 1 saturated heterocycles. The Morgan fingerprint density at radius 3 is 3.00 bits per heavy atom. The van der Waals surface area contributed by atoms with E-state index in [-0.39, 0.29) is 11.9 Å². The summed E-state index contributed by atoms with van der Waals surface area (Å²) in [6, 6.07) is 9.26. The van der Waals surface area contributed by atoms with Gasteiger partial charge in [-0.2, -0.15) is 0 Å². The van der Waals surface area contributed by atoms with Gasteiger partial charge in [-0.3, -0.25) is 4.79 Å². The molecule has 3 rings (SSSR count). The largest absolute Gasteiger partial charge is 0.496 e. The number of amides is 1. The van der Waals surface area contributed by atoms with Gasteiger partial charge in [0.15, 0.2) is 11.5 Å². The lowest BCUT2D eigenvalue weighted by atomic mass is 10.1. The second kappa shape index (κ2) is 6.83. The van der Waals surface area contributed by atoms with Crippen molar-refractivity contribution < 1.29 is 18.8 Å². The Kier molecular flexibility index (Phi) is 4.62. The van der Waals surface area contributed by atoms with Crippen LogP contribution in [0.5, 0.6) is 5.75 Å². The zero-order valence-corrected chi connectivity index (χ0v) is 13.3. The predicted molar refractivity (Wildman–Crippen MR) is 84.4 cm³/mol. The summed E-state index contributed by atoms with van der Waals surface area (Å²) in [6.45, 7) is 3.81. The smallest absolute Gasteiger partial charge is 0.276 e. The van der Waals surface area contributed by atoms with Crippen molar-refractivity contribution in [2.24, 2.45) is 0 Å². The van der Waals surface area contributed by atoms with Gasteiger partial charge in [0.2, 0.25) is 0 Å². The molecule has 23 heavy (non-hydrogen) atoms. The number of methoxy groups -OCH3 is 1. The van der Waals surface area contributed by atoms with Crippen LogP contribution in [0.2, 0.25) is 0 Å². The van der Waals surface area contributed by atoms with Gasteiger partial charge in [-0.1, -0.05) is 17.3 Å². The maximum atomic E-state index is 12.7. The summed E-state index contributed by atoms with van der Waals surface area (Å²) in [6.07, 6.45) is 0.822. The molecule has 6 nitrogen and oxygen atoms in total. The summed E-state index contributed by atoms with van der Waals surface area (Å²) in [5, 5.41) is 3.95. The quantitative estimate of drug-likeness (QED) is 0.871. The molecule has 122 valence electrons. The lowest BCUT2D eigenvalue weighted by Gasteiger charge is -2.25. The number of carbonyl (C=O) groups is 1. The van der Waals surface area contributed by atoms with Gasteiger partial charge in [0.25, 0.3) is 5.91 Å². The van der Waals surface area contributed by atoms with Crippen LogP contribution >= 0.6 is 0 Å². The third-order valence-corrected chi connectivity index (χ3v) is 4.05. The molecule has 6 heteroatoms. The highest BCUT2D eigenvalue weighted by Crippen LogP contribution is 2.30. The van der Waals surface area contributed by atoms with E-state index in [1.807, 2.05) is 31.2 Å². The van der Waals surface area contributed by atoms with E-state index in [4.69, 9.17) is 14.0 Å². The molecule has 1 fully saturated rings. The minimum absolute atomic E-state index is 0.122. The normalized spacial score (nSPS) is 18.5. The van der Waals surface area contributed by atoms with Crippen molar-refractivity contribution in [1.82, 2.24) is 10.1 Å². The van der Waals surface area contributed by atoms with Gasteiger partial charge in [0.05, 0.1) is 19.3 Å². The Morgan fingerprint density at radius 2 is 2.17 bits per heavy atom. The molecule has 0 saturated carbocycles. The molecule has 1 amide bonds. The molecular weight excluding hydrogens is 296 g/mol. The Hall–Kier alpha value is -2.34. The number of ether oxygens (including phenoxy) is 2. The van der Waals surface area contributed by atoms with Crippen molar-refractivity contribution in [3.63, 3.8) is 0 Å². The Labute approximate surface area is 135 Å². The highest BCUT2D eigenvalue weighted by atomic mass is 16.5. The van der Waals surface area contributed by atoms with E-state index in [2.05, 4.69) is 5.16 Å². The Balaban J connectivity index is 1.85. The van der Waals surface area contributed by atoms with E-state index in [1.165, 1.54) is 0 Å². The molecule has 0 N–H and O–H groups in total. The number of hydrogen-bond acceptors (Lipinski definition) is 5. The standard InChI is InChI=1S/C17H20N2O4/c1-12-7-9-22-10-8-19(12)17(20)14-11-16(23-18-14)13-5-3-4-6-15(13)21-2/h3-6,11-12H,7-10H2,1-2H3. The number of carbonyl (C=O) groups excluding carboxylic acids is 1. The lowest BCUT2D eigenvalue weighted by molar-refractivity contribution is 0.0677. The third kappa shape index (κ3) is 3.22. The van der Waals surface area contributed by atoms with Crippen LogP contribution in [0.3, 0.4) is 0 Å². The van der Waals surface area contributed by atoms with E-state index in [9.17, 15) is 4.79 Å². The summed E-state index contributed by atoms with van der Waals surface area (Å²) in [7, 11) is 1.60. The fraction of sp³-hybridized carbons (Fsp3) is 0.412. The van der Waals surface area contributed by atoms with E-state index in [1.54, 1.807) is 18.1 Å². The summed E-state index contributed by atoms with van der Waals surface area (Å²) in [5.41, 5.74) is 1.08. The number of nitrogens with zero attached hydrogens (tertiary/aromatic N) is 2. The summed E-state index contributed by atoms with van der Waals surface area (Å²) in [5.74, 6) is 1.07. The van der Waals surface area contributed by atoms with Gasteiger partial charge in [0.1, 0.15) is 5.75 Å². The van der Waals surface area contributed by atoms with E-state index < -0.39 is 0 Å². The van der Waals surface area contributed by atoms with Crippen LogP contribution in [-0.2, 0) is 4.74 Å². The van der Waals surface area contributed by atoms with Crippen LogP contribution in [0.4, 0.5) is 0 Å². The first-order valence-electron chi connectivity index (χ1n) is 7.69. The fourth-order valence-corrected chi connectivity index (χ4v) is 2.70. The number of rotatable bonds is 3. The number of aromatic nitrogens is 1. The van der Waals surface area contributed by atoms with Gasteiger partial charge in [-0.15, -0.1) is 0 Å². The van der Waals surface area contributed by atoms with Crippen molar-refractivity contribution in [3.8, 4) is 17.1 Å². The van der Waals surface area contributed by atoms with Crippen LogP contribution in [0.1, 0.15) is 23.8 Å². The minimum atomic E-state index is -0.132. The van der Waals surface area contributed by atoms with Crippen LogP contribution in [0.25, 0.3) is 11.3 Å². The van der Waals surface area contributed by atoms with Crippen LogP contribution in [0, 0.1) is 0 Å². The predicted octanol–water partition coefficient (Wildman–Crippen LogP) is 2.60. The van der Waals surface area contributed by atoms with E-state index in [0.717, 1.165) is 12.0 Å². The molecule has 0 radical (unpaired) electrons. The topological polar surface area (TPSA) is 64.8 Å². The lowest BCUT2D eigenvalue weighted by Crippen LogP contribution is -2.39. The maximum absolute atomic E-state index is 12.7. The molecule has 0 bridgehead atoms. The molecule has 1 unspecified atom stereocenters. The van der Waals surface area contributed by atoms with Crippen molar-refractivity contribution in [2.45, 2.75) is 19.4 Å². The van der Waals surface area contributed by atoms with Crippen LogP contribution < -0.4 is 4.74 Å². The van der Waals surface area contributed by atoms with Gasteiger partial charge in [-0.25, -0.2) is 0 Å². The molecule has 1 atom stereocenters. The Bertz CT molecular complexity index is 683. The van der Waals surface area contributed by atoms with Crippen molar-refractivity contribution in [2.75, 3.05) is 26.9 Å². The molecule has 0 spiro atoms. The molecule has 1 aromatic heterocycles. The minimum Gasteiger partial charge on any atom is -0.496 e. The van der Waals surface area contributed by atoms with Gasteiger partial charge in [0, 0.05) is 25.3 Å². The number of para-hydroxylation sites is 1. The van der Waals surface area contributed by atoms with Gasteiger partial charge in [-0.05, 0) is 25.5 Å². The van der Waals surface area contributed by atoms with Crippen molar-refractivity contribution >= 4 is 5.91 Å². The molecule has 2 heterocycles. The molecular formula is C17H20N2O4. The molecule has 1 aromatic carbocycles. The molecule has 1 aliphatic rings. The maximum Gasteiger partial charge on any atom is 0.276 e. The highest BCUT2D eigenvalue weighted by Gasteiger charge is 2.26. The summed E-state index contributed by atoms with van der Waals surface area (Å²) in [4.78, 5) is 14.5. The monoisotopic (exact) mass is 316 g/mol.